The molecule has 0 aliphatic heterocycles. The predicted octanol–water partition coefficient (Wildman–Crippen LogP) is 1.18. The first-order valence-corrected chi connectivity index (χ1v) is 6.78. The Morgan fingerprint density at radius 1 is 1.53 bits per heavy atom. The van der Waals surface area contributed by atoms with E-state index in [-0.39, 0.29) is 5.75 Å². The molecule has 0 amide bonds. The molecule has 0 unspecified atom stereocenters. The minimum Gasteiger partial charge on any atom is -0.274 e. The van der Waals surface area contributed by atoms with Gasteiger partial charge in [0.1, 0.15) is 0 Å². The lowest BCUT2D eigenvalue weighted by Gasteiger charge is -2.03. The topological polar surface area (TPSA) is 64.0 Å². The van der Waals surface area contributed by atoms with Crippen molar-refractivity contribution < 1.29 is 8.42 Å². The molecular formula is C8H14ClN3O2S. The van der Waals surface area contributed by atoms with E-state index in [2.05, 4.69) is 9.82 Å². The van der Waals surface area contributed by atoms with Crippen LogP contribution < -0.4 is 4.72 Å². The van der Waals surface area contributed by atoms with E-state index in [9.17, 15) is 8.42 Å². The summed E-state index contributed by atoms with van der Waals surface area (Å²) < 4.78 is 26.9. The van der Waals surface area contributed by atoms with Crippen LogP contribution in [0.15, 0.2) is 12.3 Å². The molecule has 1 N–H and O–H groups in total. The first-order chi connectivity index (χ1) is 7.03. The Kier molecular flexibility index (Phi) is 4.41. The van der Waals surface area contributed by atoms with Gasteiger partial charge in [-0.1, -0.05) is 0 Å². The summed E-state index contributed by atoms with van der Waals surface area (Å²) in [4.78, 5) is 0. The van der Waals surface area contributed by atoms with Crippen LogP contribution >= 0.6 is 11.6 Å². The van der Waals surface area contributed by atoms with Crippen molar-refractivity contribution in [1.29, 1.82) is 0 Å². The lowest BCUT2D eigenvalue weighted by Crippen LogP contribution is -2.17. The molecular weight excluding hydrogens is 238 g/mol. The largest absolute Gasteiger partial charge is 0.274 e. The summed E-state index contributed by atoms with van der Waals surface area (Å²) in [5.41, 5.74) is 0. The van der Waals surface area contributed by atoms with Crippen molar-refractivity contribution in [3.8, 4) is 0 Å². The van der Waals surface area contributed by atoms with Crippen LogP contribution in [0.25, 0.3) is 0 Å². The highest BCUT2D eigenvalue weighted by molar-refractivity contribution is 7.92. The van der Waals surface area contributed by atoms with E-state index in [1.165, 1.54) is 4.68 Å². The molecule has 5 nitrogen and oxygen atoms in total. The Hall–Kier alpha value is -0.750. The molecule has 1 aromatic heterocycles. The third kappa shape index (κ3) is 4.53. The maximum absolute atomic E-state index is 11.5. The first kappa shape index (κ1) is 12.3. The van der Waals surface area contributed by atoms with E-state index < -0.39 is 10.0 Å². The number of alkyl halides is 1. The molecule has 1 rings (SSSR count). The molecule has 0 aliphatic carbocycles. The van der Waals surface area contributed by atoms with Gasteiger partial charge in [0, 0.05) is 25.2 Å². The SMILES string of the molecule is Cn1ccc(NS(=O)(=O)CCCCCl)n1. The maximum Gasteiger partial charge on any atom is 0.233 e. The lowest BCUT2D eigenvalue weighted by molar-refractivity contribution is 0.597. The molecule has 0 aliphatic rings. The van der Waals surface area contributed by atoms with Crippen molar-refractivity contribution >= 4 is 27.4 Å². The van der Waals surface area contributed by atoms with Gasteiger partial charge in [0.05, 0.1) is 5.75 Å². The van der Waals surface area contributed by atoms with Crippen LogP contribution in [-0.4, -0.2) is 29.8 Å². The molecule has 7 heteroatoms. The van der Waals surface area contributed by atoms with Crippen molar-refractivity contribution in [3.63, 3.8) is 0 Å². The average Bonchev–Trinajstić information content (AvgIpc) is 2.50. The van der Waals surface area contributed by atoms with Gasteiger partial charge in [-0.25, -0.2) is 8.42 Å². The zero-order valence-electron chi connectivity index (χ0n) is 8.48. The van der Waals surface area contributed by atoms with E-state index in [4.69, 9.17) is 11.6 Å². The Bertz CT molecular complexity index is 402. The second kappa shape index (κ2) is 5.37. The van der Waals surface area contributed by atoms with E-state index in [0.717, 1.165) is 0 Å². The lowest BCUT2D eigenvalue weighted by atomic mass is 10.4. The van der Waals surface area contributed by atoms with Gasteiger partial charge in [0.15, 0.2) is 5.82 Å². The van der Waals surface area contributed by atoms with Gasteiger partial charge in [0.25, 0.3) is 0 Å². The summed E-state index contributed by atoms with van der Waals surface area (Å²) in [6, 6.07) is 1.61. The number of nitrogens with zero attached hydrogens (tertiary/aromatic N) is 2. The molecule has 0 radical (unpaired) electrons. The second-order valence-electron chi connectivity index (χ2n) is 3.19. The molecule has 0 saturated heterocycles. The Balaban J connectivity index is 2.49. The van der Waals surface area contributed by atoms with Crippen LogP contribution in [0.3, 0.4) is 0 Å². The van der Waals surface area contributed by atoms with Crippen LogP contribution in [0.4, 0.5) is 5.82 Å². The van der Waals surface area contributed by atoms with Crippen molar-refractivity contribution in [2.75, 3.05) is 16.4 Å². The van der Waals surface area contributed by atoms with E-state index in [1.54, 1.807) is 19.3 Å². The standard InChI is InChI=1S/C8H14ClN3O2S/c1-12-6-4-8(10-12)11-15(13,14)7-3-2-5-9/h4,6H,2-3,5,7H2,1H3,(H,10,11). The molecule has 1 heterocycles. The maximum atomic E-state index is 11.5. The van der Waals surface area contributed by atoms with E-state index >= 15 is 0 Å². The fraction of sp³-hybridized carbons (Fsp3) is 0.625. The number of hydrogen-bond donors (Lipinski definition) is 1. The Labute approximate surface area is 94.5 Å². The third-order valence-corrected chi connectivity index (χ3v) is 3.38. The fourth-order valence-electron chi connectivity index (χ4n) is 1.07. The summed E-state index contributed by atoms with van der Waals surface area (Å²) in [6.07, 6.45) is 2.94. The molecule has 0 fully saturated rings. The molecule has 0 bridgehead atoms. The highest BCUT2D eigenvalue weighted by atomic mass is 35.5. The average molecular weight is 252 g/mol. The number of rotatable bonds is 6. The van der Waals surface area contributed by atoms with E-state index in [0.29, 0.717) is 24.5 Å². The molecule has 0 saturated carbocycles. The first-order valence-electron chi connectivity index (χ1n) is 4.59. The number of anilines is 1. The van der Waals surface area contributed by atoms with Gasteiger partial charge in [0.2, 0.25) is 10.0 Å². The highest BCUT2D eigenvalue weighted by Gasteiger charge is 2.10. The molecule has 0 atom stereocenters. The van der Waals surface area contributed by atoms with Crippen molar-refractivity contribution in [3.05, 3.63) is 12.3 Å². The van der Waals surface area contributed by atoms with Crippen molar-refractivity contribution in [2.45, 2.75) is 12.8 Å². The normalized spacial score (nSPS) is 11.6. The summed E-state index contributed by atoms with van der Waals surface area (Å²) in [7, 11) is -1.55. The van der Waals surface area contributed by atoms with Crippen LogP contribution in [0.2, 0.25) is 0 Å². The van der Waals surface area contributed by atoms with Gasteiger partial charge < -0.3 is 0 Å². The zero-order chi connectivity index (χ0) is 11.3. The Morgan fingerprint density at radius 3 is 2.80 bits per heavy atom. The van der Waals surface area contributed by atoms with Crippen molar-refractivity contribution in [1.82, 2.24) is 9.78 Å². The van der Waals surface area contributed by atoms with Crippen LogP contribution in [0.5, 0.6) is 0 Å². The quantitative estimate of drug-likeness (QED) is 0.610. The molecule has 15 heavy (non-hydrogen) atoms. The van der Waals surface area contributed by atoms with Crippen LogP contribution in [0.1, 0.15) is 12.8 Å². The predicted molar refractivity (Wildman–Crippen MR) is 60.6 cm³/mol. The summed E-state index contributed by atoms with van der Waals surface area (Å²) in [5, 5.41) is 3.92. The summed E-state index contributed by atoms with van der Waals surface area (Å²) in [5.74, 6) is 0.915. The van der Waals surface area contributed by atoms with Gasteiger partial charge in [-0.3, -0.25) is 9.40 Å². The van der Waals surface area contributed by atoms with Gasteiger partial charge in [-0.15, -0.1) is 11.6 Å². The fourth-order valence-corrected chi connectivity index (χ4v) is 2.37. The van der Waals surface area contributed by atoms with Gasteiger partial charge in [-0.05, 0) is 12.8 Å². The number of hydrogen-bond acceptors (Lipinski definition) is 3. The van der Waals surface area contributed by atoms with Gasteiger partial charge in [-0.2, -0.15) is 5.10 Å². The number of sulfonamides is 1. The minimum absolute atomic E-state index is 0.0797. The number of unbranched alkanes of at least 4 members (excludes halogenated alkanes) is 1. The number of aryl methyl sites for hydroxylation is 1. The van der Waals surface area contributed by atoms with Gasteiger partial charge >= 0.3 is 0 Å². The number of halogens is 1. The van der Waals surface area contributed by atoms with Crippen molar-refractivity contribution in [2.24, 2.45) is 7.05 Å². The molecule has 86 valence electrons. The summed E-state index contributed by atoms with van der Waals surface area (Å²) >= 11 is 5.46. The van der Waals surface area contributed by atoms with Crippen LogP contribution in [0, 0.1) is 0 Å². The number of aromatic nitrogens is 2. The van der Waals surface area contributed by atoms with Crippen LogP contribution in [-0.2, 0) is 17.1 Å². The number of nitrogens with one attached hydrogen (secondary N) is 1. The smallest absolute Gasteiger partial charge is 0.233 e. The molecule has 0 spiro atoms. The Morgan fingerprint density at radius 2 is 2.27 bits per heavy atom. The minimum atomic E-state index is -3.28. The molecule has 0 aromatic carbocycles. The third-order valence-electron chi connectivity index (χ3n) is 1.77. The highest BCUT2D eigenvalue weighted by Crippen LogP contribution is 2.06. The monoisotopic (exact) mass is 251 g/mol. The molecule has 1 aromatic rings. The summed E-state index contributed by atoms with van der Waals surface area (Å²) in [6.45, 7) is 0. The second-order valence-corrected chi connectivity index (χ2v) is 5.41. The zero-order valence-corrected chi connectivity index (χ0v) is 10.1. The van der Waals surface area contributed by atoms with E-state index in [1.807, 2.05) is 0 Å².